The Kier molecular flexibility index (Phi) is 5.97. The maximum absolute atomic E-state index is 10.8. The molecule has 1 N–H and O–H groups in total. The number of nitro groups is 5. The third kappa shape index (κ3) is 3.27. The van der Waals surface area contributed by atoms with Gasteiger partial charge in [-0.15, -0.1) is 0 Å². The molecule has 17 heteroatoms. The topological polar surface area (TPSA) is 236 Å². The Labute approximate surface area is 144 Å². The quantitative estimate of drug-likeness (QED) is 0.432. The molecule has 0 aliphatic carbocycles. The van der Waals surface area contributed by atoms with Gasteiger partial charge in [0.15, 0.2) is 0 Å². The van der Waals surface area contributed by atoms with Gasteiger partial charge in [0.2, 0.25) is 0 Å². The molecule has 1 rings (SSSR count). The summed E-state index contributed by atoms with van der Waals surface area (Å²) in [5.74, 6) is -2.03. The molecule has 118 valence electrons. The molecule has 0 aromatic heterocycles. The predicted molar refractivity (Wildman–Crippen MR) is 68.5 cm³/mol. The van der Waals surface area contributed by atoms with Gasteiger partial charge in [-0.3, -0.25) is 50.6 Å². The molecular weight excluding hydrogens is 341 g/mol. The monoisotopic (exact) mass is 343 g/mol. The number of hydrogen-bond acceptors (Lipinski definition) is 11. The molecule has 23 heavy (non-hydrogen) atoms. The number of rotatable bonds is 5. The summed E-state index contributed by atoms with van der Waals surface area (Å²) in [5, 5.41) is 63.1. The number of hydrogen-bond donors (Lipinski definition) is 1. The summed E-state index contributed by atoms with van der Waals surface area (Å²) >= 11 is 0. The summed E-state index contributed by atoms with van der Waals surface area (Å²) in [6, 6.07) is 0. The third-order valence-corrected chi connectivity index (χ3v) is 2.26. The molecule has 16 nitrogen and oxygen atoms in total. The van der Waals surface area contributed by atoms with Crippen molar-refractivity contribution in [3.05, 3.63) is 50.6 Å². The molecule has 0 fully saturated rings. The van der Waals surface area contributed by atoms with E-state index in [-0.39, 0.29) is 29.6 Å². The Bertz CT molecular complexity index is 707. The van der Waals surface area contributed by atoms with Crippen molar-refractivity contribution >= 4 is 58.0 Å². The molecule has 0 unspecified atom stereocenters. The van der Waals surface area contributed by atoms with Crippen molar-refractivity contribution in [3.63, 3.8) is 0 Å². The Hall–Kier alpha value is -2.98. The van der Waals surface area contributed by atoms with Crippen LogP contribution in [0.1, 0.15) is 0 Å². The van der Waals surface area contributed by atoms with Crippen LogP contribution >= 0.6 is 0 Å². The van der Waals surface area contributed by atoms with E-state index in [1.165, 1.54) is 0 Å². The van der Waals surface area contributed by atoms with Crippen molar-refractivity contribution in [2.24, 2.45) is 0 Å². The fourth-order valence-electron chi connectivity index (χ4n) is 1.54. The van der Waals surface area contributed by atoms with Crippen LogP contribution < -0.4 is 0 Å². The molecule has 0 saturated carbocycles. The Morgan fingerprint density at radius 2 is 0.696 bits per heavy atom. The summed E-state index contributed by atoms with van der Waals surface area (Å²) in [6.45, 7) is 0. The van der Waals surface area contributed by atoms with Crippen LogP contribution in [0.5, 0.6) is 5.75 Å². The fraction of sp³-hybridized carbons (Fsp3) is 0. The zero-order chi connectivity index (χ0) is 17.4. The number of phenols is 1. The number of phenolic OH excluding ortho intramolecular Hbond substituents is 1. The molecule has 0 radical (unpaired) electrons. The van der Waals surface area contributed by atoms with Gasteiger partial charge < -0.3 is 5.11 Å². The molecule has 0 atom stereocenters. The second kappa shape index (κ2) is 6.85. The Morgan fingerprint density at radius 3 is 0.870 bits per heavy atom. The van der Waals surface area contributed by atoms with Gasteiger partial charge in [0.25, 0.3) is 5.75 Å². The zero-order valence-electron chi connectivity index (χ0n) is 9.77. The summed E-state index contributed by atoms with van der Waals surface area (Å²) in [7, 11) is 0. The van der Waals surface area contributed by atoms with Gasteiger partial charge in [0.1, 0.15) is 0 Å². The summed E-state index contributed by atoms with van der Waals surface area (Å²) < 4.78 is 0. The van der Waals surface area contributed by atoms with Gasteiger partial charge in [0, 0.05) is 0 Å². The van der Waals surface area contributed by atoms with Crippen molar-refractivity contribution in [2.75, 3.05) is 0 Å². The minimum absolute atomic E-state index is 0. The van der Waals surface area contributed by atoms with Crippen LogP contribution in [0.25, 0.3) is 0 Å². The normalized spacial score (nSPS) is 9.57. The van der Waals surface area contributed by atoms with Crippen LogP contribution in [-0.4, -0.2) is 59.3 Å². The van der Waals surface area contributed by atoms with Crippen LogP contribution in [0.15, 0.2) is 0 Å². The van der Waals surface area contributed by atoms with Crippen LogP contribution in [0, 0.1) is 50.6 Å². The predicted octanol–water partition coefficient (Wildman–Crippen LogP) is 0.285. The van der Waals surface area contributed by atoms with Crippen molar-refractivity contribution < 1.29 is 29.7 Å². The number of nitrogens with zero attached hydrogens (tertiary/aromatic N) is 5. The van der Waals surface area contributed by atoms with Gasteiger partial charge in [-0.1, -0.05) is 0 Å². The number of nitro benzene ring substituents is 5. The Morgan fingerprint density at radius 1 is 0.522 bits per heavy atom. The van der Waals surface area contributed by atoms with Crippen LogP contribution in [0.2, 0.25) is 0 Å². The van der Waals surface area contributed by atoms with Crippen molar-refractivity contribution in [1.29, 1.82) is 0 Å². The molecule has 0 aliphatic heterocycles. The van der Waals surface area contributed by atoms with Gasteiger partial charge in [-0.25, -0.2) is 0 Å². The van der Waals surface area contributed by atoms with Crippen LogP contribution in [-0.2, 0) is 0 Å². The van der Waals surface area contributed by atoms with Gasteiger partial charge in [-0.2, -0.15) is 0 Å². The van der Waals surface area contributed by atoms with Crippen LogP contribution in [0.4, 0.5) is 28.4 Å². The fourth-order valence-corrected chi connectivity index (χ4v) is 1.54. The van der Waals surface area contributed by atoms with Crippen molar-refractivity contribution in [1.82, 2.24) is 0 Å². The molecule has 0 amide bonds. The number of aromatic hydroxyl groups is 1. The van der Waals surface area contributed by atoms with Crippen molar-refractivity contribution in [2.45, 2.75) is 0 Å². The SMILES string of the molecule is O=[N+]([O-])c1c(O)c([N+](=O)[O-])c([N+](=O)[O-])c([N+](=O)[O-])c1[N+](=O)[O-].[NaH]. The number of benzene rings is 1. The zero-order valence-corrected chi connectivity index (χ0v) is 9.77. The summed E-state index contributed by atoms with van der Waals surface area (Å²) in [5.41, 5.74) is -10.1. The second-order valence-corrected chi connectivity index (χ2v) is 3.38. The summed E-state index contributed by atoms with van der Waals surface area (Å²) in [4.78, 5) is 45.1. The first kappa shape index (κ1) is 20.0. The molecule has 0 saturated heterocycles. The molecule has 0 bridgehead atoms. The molecular formula is C6H2N5NaO11. The standard InChI is InChI=1S/C6HN5O11.Na.H/c12-6-4(10(19)20)2(8(15)16)1(7(13)14)3(9(17)18)5(6)11(21)22;;/h12H;;. The van der Waals surface area contributed by atoms with E-state index in [4.69, 9.17) is 0 Å². The second-order valence-electron chi connectivity index (χ2n) is 3.38. The van der Waals surface area contributed by atoms with E-state index in [0.717, 1.165) is 0 Å². The molecule has 0 heterocycles. The molecule has 0 spiro atoms. The average molecular weight is 343 g/mol. The molecule has 0 aliphatic rings. The first-order valence-corrected chi connectivity index (χ1v) is 4.67. The summed E-state index contributed by atoms with van der Waals surface area (Å²) in [6.07, 6.45) is 0. The van der Waals surface area contributed by atoms with Crippen molar-refractivity contribution in [3.8, 4) is 5.75 Å². The van der Waals surface area contributed by atoms with E-state index in [1.54, 1.807) is 0 Å². The van der Waals surface area contributed by atoms with Crippen LogP contribution in [0.3, 0.4) is 0 Å². The van der Waals surface area contributed by atoms with Gasteiger partial charge >= 0.3 is 58.0 Å². The van der Waals surface area contributed by atoms with E-state index in [9.17, 15) is 55.7 Å². The first-order chi connectivity index (χ1) is 10.0. The van der Waals surface area contributed by atoms with Gasteiger partial charge in [-0.05, 0) is 0 Å². The van der Waals surface area contributed by atoms with E-state index in [0.29, 0.717) is 0 Å². The van der Waals surface area contributed by atoms with E-state index >= 15 is 0 Å². The third-order valence-electron chi connectivity index (χ3n) is 2.26. The Balaban J connectivity index is 0.00000484. The minimum atomic E-state index is -2.08. The molecule has 1 aromatic rings. The first-order valence-electron chi connectivity index (χ1n) is 4.67. The van der Waals surface area contributed by atoms with E-state index in [2.05, 4.69) is 0 Å². The maximum atomic E-state index is 10.8. The molecule has 1 aromatic carbocycles. The van der Waals surface area contributed by atoms with Gasteiger partial charge in [0.05, 0.1) is 24.6 Å². The van der Waals surface area contributed by atoms with E-state index in [1.807, 2.05) is 0 Å². The average Bonchev–Trinajstić information content (AvgIpc) is 2.34. The van der Waals surface area contributed by atoms with E-state index < -0.39 is 58.8 Å².